The number of alkyl carbamates (subject to hydrolysis) is 1. The monoisotopic (exact) mass is 1050 g/mol. The van der Waals surface area contributed by atoms with E-state index in [1.807, 2.05) is 112 Å². The van der Waals surface area contributed by atoms with Crippen LogP contribution in [0.5, 0.6) is 0 Å². The van der Waals surface area contributed by atoms with E-state index in [0.717, 1.165) is 16.7 Å². The van der Waals surface area contributed by atoms with E-state index in [1.165, 1.54) is 19.1 Å². The number of piperidine rings is 1. The Balaban J connectivity index is 1.34. The summed E-state index contributed by atoms with van der Waals surface area (Å²) < 4.78 is 16.4. The zero-order chi connectivity index (χ0) is 55.8. The quantitative estimate of drug-likeness (QED) is 0.0355. The maximum absolute atomic E-state index is 14.7. The molecule has 6 amide bonds. The van der Waals surface area contributed by atoms with Crippen LogP contribution in [0.4, 0.5) is 9.59 Å². The molecular formula is C59H85N7O10. The number of unbranched alkanes of at least 4 members (excludes halogenated alkanes) is 1. The molecule has 5 atom stereocenters. The normalized spacial score (nSPS) is 16.9. The molecule has 0 unspecified atom stereocenters. The molecule has 0 aromatic heterocycles. The van der Waals surface area contributed by atoms with Gasteiger partial charge in [0.25, 0.3) is 0 Å². The van der Waals surface area contributed by atoms with Gasteiger partial charge in [0.2, 0.25) is 23.6 Å². The SMILES string of the molecule is COC(=O)C1(N[C@@H](C)c2ccccc2)CC2(CCN(C(=O)[C@@H](CCCCNC(=O)OC(C)(C)C)NC(=O)[C@@H](CC(C)C)NC(=O)[C@@H](Cc3ccccc3)NC(=O)[C@@H](Cc3ccccc3)N(C)C(=O)OC(C)(C)C)CC2)C1. The lowest BCUT2D eigenvalue weighted by atomic mass is 9.53. The minimum Gasteiger partial charge on any atom is -0.468 e. The van der Waals surface area contributed by atoms with Gasteiger partial charge in [0.1, 0.15) is 40.9 Å². The lowest BCUT2D eigenvalue weighted by Gasteiger charge is -2.58. The van der Waals surface area contributed by atoms with Crippen LogP contribution in [0.15, 0.2) is 91.0 Å². The molecule has 1 saturated heterocycles. The summed E-state index contributed by atoms with van der Waals surface area (Å²) in [6.07, 6.45) is 2.79. The molecule has 0 bridgehead atoms. The van der Waals surface area contributed by atoms with Crippen molar-refractivity contribution in [3.05, 3.63) is 108 Å². The summed E-state index contributed by atoms with van der Waals surface area (Å²) in [6, 6.07) is 23.9. The standard InChI is InChI=1S/C59H85N7O10/c1-40(2)35-46(62-50(68)47(36-42-23-15-12-16-24-42)63-51(69)48(37-43-25-17-13-18-26-43)65(10)55(73)76-57(7,8)9)49(67)61-45(29-21-22-32-60-54(72)75-56(4,5)6)52(70)66-33-30-58(31-34-66)38-59(39-58,53(71)74-11)64-41(3)44-27-19-14-20-28-44/h12-20,23-28,40-41,45-48,64H,21-22,29-39H2,1-11H3,(H,60,72)(H,61,67)(H,62,68)(H,63,69)/t41-,45+,46+,47+,48+/m0/s1. The van der Waals surface area contributed by atoms with Crippen LogP contribution in [0.2, 0.25) is 0 Å². The molecule has 0 radical (unpaired) electrons. The maximum Gasteiger partial charge on any atom is 0.410 e. The first-order valence-corrected chi connectivity index (χ1v) is 26.9. The van der Waals surface area contributed by atoms with Crippen LogP contribution in [0.1, 0.15) is 136 Å². The Hall–Kier alpha value is -6.49. The van der Waals surface area contributed by atoms with Crippen LogP contribution >= 0.6 is 0 Å². The van der Waals surface area contributed by atoms with Crippen molar-refractivity contribution in [3.8, 4) is 0 Å². The Morgan fingerprint density at radius 2 is 1.17 bits per heavy atom. The molecule has 2 fully saturated rings. The van der Waals surface area contributed by atoms with Crippen LogP contribution in [-0.4, -0.2) is 126 Å². The molecule has 416 valence electrons. The minimum atomic E-state index is -1.18. The highest BCUT2D eigenvalue weighted by Crippen LogP contribution is 2.56. The van der Waals surface area contributed by atoms with Gasteiger partial charge in [-0.25, -0.2) is 9.59 Å². The first-order valence-electron chi connectivity index (χ1n) is 26.9. The third kappa shape index (κ3) is 18.1. The zero-order valence-electron chi connectivity index (χ0n) is 46.8. The van der Waals surface area contributed by atoms with E-state index in [4.69, 9.17) is 14.2 Å². The highest BCUT2D eigenvalue weighted by molar-refractivity contribution is 5.95. The maximum atomic E-state index is 14.7. The predicted molar refractivity (Wildman–Crippen MR) is 292 cm³/mol. The largest absolute Gasteiger partial charge is 0.468 e. The number of nitrogens with one attached hydrogen (secondary N) is 5. The van der Waals surface area contributed by atoms with Crippen molar-refractivity contribution in [1.29, 1.82) is 0 Å². The van der Waals surface area contributed by atoms with Crippen molar-refractivity contribution >= 4 is 41.8 Å². The molecule has 5 rings (SSSR count). The van der Waals surface area contributed by atoms with Gasteiger partial charge in [0.05, 0.1) is 7.11 Å². The Morgan fingerprint density at radius 3 is 1.71 bits per heavy atom. The molecule has 3 aromatic carbocycles. The Morgan fingerprint density at radius 1 is 0.658 bits per heavy atom. The Labute approximate surface area is 450 Å². The van der Waals surface area contributed by atoms with Gasteiger partial charge in [-0.15, -0.1) is 0 Å². The number of likely N-dealkylation sites (N-methyl/N-ethyl adjacent to an activating group) is 1. The summed E-state index contributed by atoms with van der Waals surface area (Å²) >= 11 is 0. The molecule has 5 N–H and O–H groups in total. The van der Waals surface area contributed by atoms with Gasteiger partial charge in [0.15, 0.2) is 0 Å². The number of methoxy groups -OCH3 is 1. The number of hydrogen-bond donors (Lipinski definition) is 5. The molecule has 1 aliphatic heterocycles. The third-order valence-electron chi connectivity index (χ3n) is 14.0. The number of rotatable bonds is 23. The topological polar surface area (TPSA) is 214 Å². The van der Waals surface area contributed by atoms with E-state index in [0.29, 0.717) is 51.6 Å². The van der Waals surface area contributed by atoms with E-state index in [1.54, 1.807) is 46.4 Å². The fourth-order valence-corrected chi connectivity index (χ4v) is 10.3. The summed E-state index contributed by atoms with van der Waals surface area (Å²) in [7, 11) is 2.90. The van der Waals surface area contributed by atoms with Crippen LogP contribution < -0.4 is 26.6 Å². The lowest BCUT2D eigenvalue weighted by molar-refractivity contribution is -0.166. The van der Waals surface area contributed by atoms with Gasteiger partial charge in [-0.2, -0.15) is 0 Å². The second-order valence-electron chi connectivity index (χ2n) is 23.3. The number of nitrogens with zero attached hydrogens (tertiary/aromatic N) is 2. The molecule has 1 heterocycles. The van der Waals surface area contributed by atoms with Crippen molar-refractivity contribution in [3.63, 3.8) is 0 Å². The minimum absolute atomic E-state index is 0.0698. The molecular weight excluding hydrogens is 967 g/mol. The summed E-state index contributed by atoms with van der Waals surface area (Å²) in [6.45, 7) is 17.6. The summed E-state index contributed by atoms with van der Waals surface area (Å²) in [5.74, 6) is -2.42. The van der Waals surface area contributed by atoms with Gasteiger partial charge >= 0.3 is 18.2 Å². The van der Waals surface area contributed by atoms with Crippen molar-refractivity contribution in [2.24, 2.45) is 11.3 Å². The summed E-state index contributed by atoms with van der Waals surface area (Å²) in [4.78, 5) is 101. The number of hydrogen-bond acceptors (Lipinski definition) is 11. The zero-order valence-corrected chi connectivity index (χ0v) is 46.8. The fraction of sp³-hybridized carbons (Fsp3) is 0.576. The van der Waals surface area contributed by atoms with Gasteiger partial charge in [-0.1, -0.05) is 105 Å². The van der Waals surface area contributed by atoms with E-state index in [2.05, 4.69) is 26.6 Å². The van der Waals surface area contributed by atoms with Gasteiger partial charge in [-0.3, -0.25) is 34.2 Å². The van der Waals surface area contributed by atoms with Gasteiger partial charge in [0, 0.05) is 45.6 Å². The number of likely N-dealkylation sites (tertiary alicyclic amines) is 1. The van der Waals surface area contributed by atoms with Crippen LogP contribution in [0, 0.1) is 11.3 Å². The number of benzene rings is 3. The number of carbonyl (C=O) groups excluding carboxylic acids is 7. The number of amides is 6. The number of carbonyl (C=O) groups is 7. The van der Waals surface area contributed by atoms with Crippen LogP contribution in [0.25, 0.3) is 0 Å². The van der Waals surface area contributed by atoms with Gasteiger partial charge in [-0.05, 0) is 128 Å². The molecule has 1 aliphatic carbocycles. The third-order valence-corrected chi connectivity index (χ3v) is 14.0. The molecule has 1 spiro atoms. The van der Waals surface area contributed by atoms with Gasteiger partial charge < -0.3 is 40.4 Å². The average molecular weight is 1050 g/mol. The molecule has 3 aromatic rings. The molecule has 1 saturated carbocycles. The first-order chi connectivity index (χ1) is 35.8. The fourth-order valence-electron chi connectivity index (χ4n) is 10.3. The van der Waals surface area contributed by atoms with Crippen molar-refractivity contribution < 1.29 is 47.8 Å². The molecule has 17 heteroatoms. The highest BCUT2D eigenvalue weighted by atomic mass is 16.6. The molecule has 17 nitrogen and oxygen atoms in total. The summed E-state index contributed by atoms with van der Waals surface area (Å²) in [5.41, 5.74) is 0.0331. The second kappa shape index (κ2) is 27.0. The highest BCUT2D eigenvalue weighted by Gasteiger charge is 2.60. The van der Waals surface area contributed by atoms with Crippen LogP contribution in [0.3, 0.4) is 0 Å². The first kappa shape index (κ1) is 60.4. The molecule has 2 aliphatic rings. The molecule has 76 heavy (non-hydrogen) atoms. The number of esters is 1. The van der Waals surface area contributed by atoms with Crippen LogP contribution in [-0.2, 0) is 51.0 Å². The van der Waals surface area contributed by atoms with E-state index >= 15 is 0 Å². The summed E-state index contributed by atoms with van der Waals surface area (Å²) in [5, 5.41) is 15.2. The number of ether oxygens (including phenoxy) is 3. The van der Waals surface area contributed by atoms with Crippen molar-refractivity contribution in [1.82, 2.24) is 36.4 Å². The lowest BCUT2D eigenvalue weighted by Crippen LogP contribution is -2.68. The smallest absolute Gasteiger partial charge is 0.410 e. The van der Waals surface area contributed by atoms with E-state index < -0.39 is 70.8 Å². The van der Waals surface area contributed by atoms with Crippen molar-refractivity contribution in [2.45, 2.75) is 173 Å². The predicted octanol–water partition coefficient (Wildman–Crippen LogP) is 7.57. The Bertz CT molecular complexity index is 2390. The van der Waals surface area contributed by atoms with E-state index in [-0.39, 0.29) is 61.5 Å². The Kier molecular flexibility index (Phi) is 21.5. The second-order valence-corrected chi connectivity index (χ2v) is 23.3. The average Bonchev–Trinajstić information content (AvgIpc) is 3.36. The van der Waals surface area contributed by atoms with Crippen molar-refractivity contribution in [2.75, 3.05) is 33.8 Å². The van der Waals surface area contributed by atoms with E-state index in [9.17, 15) is 33.6 Å².